The molecule has 0 bridgehead atoms. The summed E-state index contributed by atoms with van der Waals surface area (Å²) in [6.07, 6.45) is 4.08. The van der Waals surface area contributed by atoms with Gasteiger partial charge >= 0.3 is 0 Å². The number of rotatable bonds is 4. The van der Waals surface area contributed by atoms with E-state index in [-0.39, 0.29) is 0 Å². The van der Waals surface area contributed by atoms with E-state index in [1.165, 1.54) is 0 Å². The Morgan fingerprint density at radius 2 is 2.44 bits per heavy atom. The lowest BCUT2D eigenvalue weighted by atomic mass is 9.98. The Bertz CT molecular complexity index is 388. The van der Waals surface area contributed by atoms with E-state index in [4.69, 9.17) is 22.1 Å². The molecule has 1 saturated heterocycles. The third-order valence-electron chi connectivity index (χ3n) is 3.60. The van der Waals surface area contributed by atoms with E-state index in [0.29, 0.717) is 23.8 Å². The Hall–Kier alpha value is -0.680. The second kappa shape index (κ2) is 6.48. The number of aromatic nitrogens is 1. The molecule has 2 unspecified atom stereocenters. The zero-order chi connectivity index (χ0) is 13.0. The average Bonchev–Trinajstić information content (AvgIpc) is 2.41. The van der Waals surface area contributed by atoms with E-state index in [0.717, 1.165) is 31.5 Å². The zero-order valence-corrected chi connectivity index (χ0v) is 11.4. The highest BCUT2D eigenvalue weighted by Gasteiger charge is 2.27. The number of hydrogen-bond donors (Lipinski definition) is 1. The summed E-state index contributed by atoms with van der Waals surface area (Å²) >= 11 is 6.10. The Balaban J connectivity index is 2.02. The van der Waals surface area contributed by atoms with Crippen LogP contribution in [0.1, 0.15) is 18.4 Å². The first kappa shape index (κ1) is 13.7. The molecule has 1 aromatic heterocycles. The molecule has 1 aliphatic heterocycles. The third-order valence-corrected chi connectivity index (χ3v) is 3.95. The molecule has 4 nitrogen and oxygen atoms in total. The molecule has 2 atom stereocenters. The van der Waals surface area contributed by atoms with Crippen molar-refractivity contribution in [2.24, 2.45) is 5.73 Å². The van der Waals surface area contributed by atoms with Gasteiger partial charge in [0.1, 0.15) is 5.15 Å². The molecule has 5 heteroatoms. The van der Waals surface area contributed by atoms with Crippen molar-refractivity contribution in [1.29, 1.82) is 0 Å². The van der Waals surface area contributed by atoms with Crippen molar-refractivity contribution in [3.63, 3.8) is 0 Å². The summed E-state index contributed by atoms with van der Waals surface area (Å²) in [6.45, 7) is 2.45. The monoisotopic (exact) mass is 269 g/mol. The maximum atomic E-state index is 6.10. The molecule has 2 rings (SSSR count). The molecule has 0 aliphatic carbocycles. The van der Waals surface area contributed by atoms with E-state index in [1.54, 1.807) is 13.3 Å². The van der Waals surface area contributed by atoms with Crippen LogP contribution in [-0.4, -0.2) is 42.2 Å². The number of nitrogens with zero attached hydrogens (tertiary/aromatic N) is 2. The summed E-state index contributed by atoms with van der Waals surface area (Å²) < 4.78 is 5.42. The Kier molecular flexibility index (Phi) is 4.95. The highest BCUT2D eigenvalue weighted by molar-refractivity contribution is 6.30. The number of likely N-dealkylation sites (tertiary alicyclic amines) is 1. The van der Waals surface area contributed by atoms with Gasteiger partial charge in [-0.1, -0.05) is 17.7 Å². The molecule has 1 fully saturated rings. The molecule has 2 N–H and O–H groups in total. The summed E-state index contributed by atoms with van der Waals surface area (Å²) in [6, 6.07) is 4.30. The largest absolute Gasteiger partial charge is 0.381 e. The molecule has 0 radical (unpaired) electrons. The number of hydrogen-bond acceptors (Lipinski definition) is 4. The lowest BCUT2D eigenvalue weighted by Gasteiger charge is -2.38. The minimum Gasteiger partial charge on any atom is -0.381 e. The minimum atomic E-state index is 0.333. The minimum absolute atomic E-state index is 0.333. The van der Waals surface area contributed by atoms with Gasteiger partial charge in [0.15, 0.2) is 0 Å². The summed E-state index contributed by atoms with van der Waals surface area (Å²) in [5, 5.41) is 0.585. The van der Waals surface area contributed by atoms with E-state index < -0.39 is 0 Å². The average molecular weight is 270 g/mol. The Labute approximate surface area is 113 Å². The van der Waals surface area contributed by atoms with Crippen molar-refractivity contribution in [3.05, 3.63) is 29.0 Å². The molecule has 0 spiro atoms. The molecular weight excluding hydrogens is 250 g/mol. The Morgan fingerprint density at radius 3 is 3.11 bits per heavy atom. The molecule has 0 amide bonds. The fourth-order valence-electron chi connectivity index (χ4n) is 2.49. The highest BCUT2D eigenvalue weighted by atomic mass is 35.5. The lowest BCUT2D eigenvalue weighted by Crippen LogP contribution is -2.48. The van der Waals surface area contributed by atoms with Crippen LogP contribution in [0.3, 0.4) is 0 Å². The fourth-order valence-corrected chi connectivity index (χ4v) is 2.67. The van der Waals surface area contributed by atoms with Gasteiger partial charge in [-0.2, -0.15) is 0 Å². The second-order valence-corrected chi connectivity index (χ2v) is 5.05. The van der Waals surface area contributed by atoms with Crippen molar-refractivity contribution in [2.45, 2.75) is 31.5 Å². The van der Waals surface area contributed by atoms with Crippen molar-refractivity contribution in [2.75, 3.05) is 20.2 Å². The quantitative estimate of drug-likeness (QED) is 0.845. The van der Waals surface area contributed by atoms with Gasteiger partial charge < -0.3 is 10.5 Å². The number of piperidine rings is 1. The molecule has 2 heterocycles. The third kappa shape index (κ3) is 3.20. The SMILES string of the molecule is COC1CCN(Cc2cccnc2Cl)C(CN)C1. The van der Waals surface area contributed by atoms with E-state index in [1.807, 2.05) is 12.1 Å². The van der Waals surface area contributed by atoms with Crippen LogP contribution >= 0.6 is 11.6 Å². The number of methoxy groups -OCH3 is 1. The van der Waals surface area contributed by atoms with Crippen LogP contribution in [0.15, 0.2) is 18.3 Å². The normalized spacial score (nSPS) is 25.3. The number of nitrogens with two attached hydrogens (primary N) is 1. The van der Waals surface area contributed by atoms with Gasteiger partial charge in [0, 0.05) is 44.5 Å². The molecule has 0 aromatic carbocycles. The van der Waals surface area contributed by atoms with E-state index in [2.05, 4.69) is 9.88 Å². The van der Waals surface area contributed by atoms with Crippen molar-refractivity contribution in [3.8, 4) is 0 Å². The first-order chi connectivity index (χ1) is 8.74. The predicted molar refractivity (Wildman–Crippen MR) is 72.5 cm³/mol. The van der Waals surface area contributed by atoms with Crippen LogP contribution in [0.2, 0.25) is 5.15 Å². The van der Waals surface area contributed by atoms with Gasteiger partial charge in [-0.3, -0.25) is 4.90 Å². The van der Waals surface area contributed by atoms with Gasteiger partial charge in [-0.15, -0.1) is 0 Å². The standard InChI is InChI=1S/C13H20ClN3O/c1-18-12-4-6-17(11(7-12)8-15)9-10-3-2-5-16-13(10)14/h2-3,5,11-12H,4,6-9,15H2,1H3. The highest BCUT2D eigenvalue weighted by Crippen LogP contribution is 2.23. The van der Waals surface area contributed by atoms with E-state index in [9.17, 15) is 0 Å². The van der Waals surface area contributed by atoms with Crippen LogP contribution < -0.4 is 5.73 Å². The number of ether oxygens (including phenoxy) is 1. The van der Waals surface area contributed by atoms with Crippen LogP contribution in [-0.2, 0) is 11.3 Å². The lowest BCUT2D eigenvalue weighted by molar-refractivity contribution is 0.0102. The van der Waals surface area contributed by atoms with Gasteiger partial charge in [0.2, 0.25) is 0 Å². The van der Waals surface area contributed by atoms with Crippen LogP contribution in [0.5, 0.6) is 0 Å². The molecule has 0 saturated carbocycles. The van der Waals surface area contributed by atoms with E-state index >= 15 is 0 Å². The maximum absolute atomic E-state index is 6.10. The topological polar surface area (TPSA) is 51.4 Å². The predicted octanol–water partition coefficient (Wildman–Crippen LogP) is 1.67. The van der Waals surface area contributed by atoms with Crippen molar-refractivity contribution < 1.29 is 4.74 Å². The molecule has 18 heavy (non-hydrogen) atoms. The first-order valence-electron chi connectivity index (χ1n) is 6.31. The smallest absolute Gasteiger partial charge is 0.133 e. The molecule has 100 valence electrons. The number of pyridine rings is 1. The fraction of sp³-hybridized carbons (Fsp3) is 0.615. The summed E-state index contributed by atoms with van der Waals surface area (Å²) in [7, 11) is 1.77. The van der Waals surface area contributed by atoms with Gasteiger partial charge in [0.25, 0.3) is 0 Å². The van der Waals surface area contributed by atoms with Crippen molar-refractivity contribution in [1.82, 2.24) is 9.88 Å². The number of halogens is 1. The summed E-state index contributed by atoms with van der Waals surface area (Å²) in [4.78, 5) is 6.48. The summed E-state index contributed by atoms with van der Waals surface area (Å²) in [5.41, 5.74) is 6.92. The second-order valence-electron chi connectivity index (χ2n) is 4.70. The van der Waals surface area contributed by atoms with Gasteiger partial charge in [-0.25, -0.2) is 4.98 Å². The van der Waals surface area contributed by atoms with Gasteiger partial charge in [0.05, 0.1) is 6.10 Å². The van der Waals surface area contributed by atoms with Gasteiger partial charge in [-0.05, 0) is 18.9 Å². The van der Waals surface area contributed by atoms with Crippen LogP contribution in [0.4, 0.5) is 0 Å². The first-order valence-corrected chi connectivity index (χ1v) is 6.68. The molecule has 1 aromatic rings. The van der Waals surface area contributed by atoms with Crippen LogP contribution in [0.25, 0.3) is 0 Å². The Morgan fingerprint density at radius 1 is 1.61 bits per heavy atom. The summed E-state index contributed by atoms with van der Waals surface area (Å²) in [5.74, 6) is 0. The maximum Gasteiger partial charge on any atom is 0.133 e. The van der Waals surface area contributed by atoms with Crippen molar-refractivity contribution >= 4 is 11.6 Å². The molecule has 1 aliphatic rings. The van der Waals surface area contributed by atoms with Crippen LogP contribution in [0, 0.1) is 0 Å². The molecular formula is C13H20ClN3O. The zero-order valence-electron chi connectivity index (χ0n) is 10.7.